The van der Waals surface area contributed by atoms with Crippen LogP contribution in [0.5, 0.6) is 0 Å². The first-order valence-electron chi connectivity index (χ1n) is 10.7. The molecule has 0 bridgehead atoms. The van der Waals surface area contributed by atoms with Crippen molar-refractivity contribution in [3.8, 4) is 0 Å². The zero-order valence-electron chi connectivity index (χ0n) is 18.2. The Kier molecular flexibility index (Phi) is 6.50. The maximum absolute atomic E-state index is 13.3. The van der Waals surface area contributed by atoms with Gasteiger partial charge in [0, 0.05) is 30.1 Å². The number of hydrogen-bond donors (Lipinski definition) is 1. The Morgan fingerprint density at radius 2 is 1.94 bits per heavy atom. The van der Waals surface area contributed by atoms with Crippen molar-refractivity contribution in [2.75, 3.05) is 5.88 Å². The van der Waals surface area contributed by atoms with E-state index in [0.717, 1.165) is 11.1 Å². The first kappa shape index (κ1) is 22.3. The summed E-state index contributed by atoms with van der Waals surface area (Å²) < 4.78 is 5.01. The summed E-state index contributed by atoms with van der Waals surface area (Å²) in [5.41, 5.74) is 1.92. The Morgan fingerprint density at radius 1 is 1.19 bits per heavy atom. The molecule has 1 aromatic heterocycles. The summed E-state index contributed by atoms with van der Waals surface area (Å²) in [6.07, 6.45) is 3.40. The summed E-state index contributed by atoms with van der Waals surface area (Å²) in [6, 6.07) is 12.8. The Morgan fingerprint density at radius 3 is 2.66 bits per heavy atom. The number of esters is 1. The topological polar surface area (TPSA) is 88.6 Å². The zero-order valence-corrected chi connectivity index (χ0v) is 19.0. The van der Waals surface area contributed by atoms with Crippen molar-refractivity contribution in [1.29, 1.82) is 0 Å². The van der Waals surface area contributed by atoms with E-state index in [2.05, 4.69) is 10.3 Å². The molecule has 2 aliphatic heterocycles. The van der Waals surface area contributed by atoms with E-state index in [4.69, 9.17) is 4.74 Å². The van der Waals surface area contributed by atoms with Crippen molar-refractivity contribution in [1.82, 2.24) is 15.2 Å². The Balaban J connectivity index is 1.42. The summed E-state index contributed by atoms with van der Waals surface area (Å²) >= 11 is 1.55. The molecule has 0 saturated carbocycles. The van der Waals surface area contributed by atoms with E-state index in [-0.39, 0.29) is 23.7 Å². The molecule has 8 heteroatoms. The van der Waals surface area contributed by atoms with Crippen LogP contribution in [0.4, 0.5) is 0 Å². The largest absolute Gasteiger partial charge is 0.452 e. The number of amides is 2. The highest BCUT2D eigenvalue weighted by atomic mass is 32.2. The number of thioether (sulfide) groups is 1. The fourth-order valence-corrected chi connectivity index (χ4v) is 5.38. The van der Waals surface area contributed by atoms with Gasteiger partial charge in [0.15, 0.2) is 6.10 Å². The van der Waals surface area contributed by atoms with Gasteiger partial charge in [-0.3, -0.25) is 19.4 Å². The van der Waals surface area contributed by atoms with E-state index in [1.54, 1.807) is 29.1 Å². The maximum Gasteiger partial charge on any atom is 0.310 e. The molecule has 2 amide bonds. The maximum atomic E-state index is 13.3. The molecule has 2 fully saturated rings. The van der Waals surface area contributed by atoms with Gasteiger partial charge in [-0.25, -0.2) is 0 Å². The van der Waals surface area contributed by atoms with E-state index in [1.165, 1.54) is 0 Å². The lowest BCUT2D eigenvalue weighted by Gasteiger charge is -2.31. The summed E-state index contributed by atoms with van der Waals surface area (Å²) in [5.74, 6) is -0.840. The number of nitrogens with one attached hydrogen (secondary N) is 1. The van der Waals surface area contributed by atoms with Gasteiger partial charge in [-0.05, 0) is 37.5 Å². The molecule has 2 aromatic rings. The van der Waals surface area contributed by atoms with Gasteiger partial charge in [0.2, 0.25) is 5.91 Å². The van der Waals surface area contributed by atoms with Crippen LogP contribution in [0.15, 0.2) is 54.9 Å². The number of benzene rings is 1. The van der Waals surface area contributed by atoms with Crippen molar-refractivity contribution >= 4 is 29.5 Å². The average molecular weight is 454 g/mol. The van der Waals surface area contributed by atoms with Crippen LogP contribution in [-0.4, -0.2) is 50.4 Å². The molecule has 1 aromatic carbocycles. The van der Waals surface area contributed by atoms with Crippen LogP contribution >= 0.6 is 11.8 Å². The Labute approximate surface area is 191 Å². The number of pyridine rings is 1. The second kappa shape index (κ2) is 9.32. The molecular formula is C24H27N3O4S. The summed E-state index contributed by atoms with van der Waals surface area (Å²) in [7, 11) is 0. The molecule has 3 heterocycles. The molecular weight excluding hydrogens is 426 g/mol. The molecule has 32 heavy (non-hydrogen) atoms. The third-order valence-electron chi connectivity index (χ3n) is 5.96. The second-order valence-corrected chi connectivity index (χ2v) is 10.3. The van der Waals surface area contributed by atoms with Crippen LogP contribution in [-0.2, 0) is 32.1 Å². The minimum Gasteiger partial charge on any atom is -0.452 e. The number of rotatable bonds is 6. The molecule has 3 atom stereocenters. The minimum absolute atomic E-state index is 0.220. The second-order valence-electron chi connectivity index (χ2n) is 8.71. The van der Waals surface area contributed by atoms with Crippen molar-refractivity contribution in [2.45, 2.75) is 50.1 Å². The van der Waals surface area contributed by atoms with Crippen LogP contribution in [0.3, 0.4) is 0 Å². The number of hydrogen-bond acceptors (Lipinski definition) is 6. The quantitative estimate of drug-likeness (QED) is 0.677. The molecule has 2 aliphatic rings. The average Bonchev–Trinajstić information content (AvgIpc) is 3.31. The third kappa shape index (κ3) is 4.80. The molecule has 0 spiro atoms. The van der Waals surface area contributed by atoms with E-state index in [1.807, 2.05) is 56.3 Å². The van der Waals surface area contributed by atoms with Gasteiger partial charge in [0.1, 0.15) is 6.04 Å². The highest BCUT2D eigenvalue weighted by molar-refractivity contribution is 8.00. The van der Waals surface area contributed by atoms with Crippen molar-refractivity contribution in [3.05, 3.63) is 66.0 Å². The molecule has 4 rings (SSSR count). The first-order chi connectivity index (χ1) is 15.3. The van der Waals surface area contributed by atoms with Gasteiger partial charge in [-0.2, -0.15) is 0 Å². The fourth-order valence-electron chi connectivity index (χ4n) is 4.24. The van der Waals surface area contributed by atoms with Gasteiger partial charge in [0.05, 0.1) is 11.8 Å². The van der Waals surface area contributed by atoms with E-state index < -0.39 is 16.9 Å². The molecule has 1 N–H and O–H groups in total. The van der Waals surface area contributed by atoms with Crippen LogP contribution in [0, 0.1) is 5.92 Å². The van der Waals surface area contributed by atoms with Gasteiger partial charge in [-0.15, -0.1) is 11.8 Å². The van der Waals surface area contributed by atoms with Gasteiger partial charge < -0.3 is 15.0 Å². The van der Waals surface area contributed by atoms with Crippen molar-refractivity contribution in [3.63, 3.8) is 0 Å². The number of aromatic nitrogens is 1. The monoisotopic (exact) mass is 453 g/mol. The fraction of sp³-hybridized carbons (Fsp3) is 0.417. The molecule has 0 aliphatic carbocycles. The first-order valence-corrected chi connectivity index (χ1v) is 11.7. The normalized spacial score (nSPS) is 24.2. The lowest BCUT2D eigenvalue weighted by Crippen LogP contribution is -2.55. The van der Waals surface area contributed by atoms with E-state index in [9.17, 15) is 14.4 Å². The number of cyclic esters (lactones) is 1. The predicted molar refractivity (Wildman–Crippen MR) is 121 cm³/mol. The predicted octanol–water partition coefficient (Wildman–Crippen LogP) is 2.55. The molecule has 0 unspecified atom stereocenters. The van der Waals surface area contributed by atoms with Gasteiger partial charge in [-0.1, -0.05) is 36.4 Å². The van der Waals surface area contributed by atoms with Crippen molar-refractivity contribution in [2.24, 2.45) is 5.92 Å². The molecule has 2 saturated heterocycles. The van der Waals surface area contributed by atoms with E-state index >= 15 is 0 Å². The molecule has 7 nitrogen and oxygen atoms in total. The highest BCUT2D eigenvalue weighted by Gasteiger charge is 2.51. The van der Waals surface area contributed by atoms with Gasteiger partial charge in [0.25, 0.3) is 5.91 Å². The molecule has 0 radical (unpaired) electrons. The summed E-state index contributed by atoms with van der Waals surface area (Å²) in [5, 5.41) is 2.93. The smallest absolute Gasteiger partial charge is 0.310 e. The summed E-state index contributed by atoms with van der Waals surface area (Å²) in [6.45, 7) is 4.25. The van der Waals surface area contributed by atoms with Crippen molar-refractivity contribution < 1.29 is 19.1 Å². The SMILES string of the molecule is CC1(C)SCN(C(=O)[C@@H]2C[C@@H](Cc3ccccc3)C(=O)O2)[C@@H]1C(=O)NCc1cccnc1. The summed E-state index contributed by atoms with van der Waals surface area (Å²) in [4.78, 5) is 44.4. The van der Waals surface area contributed by atoms with Crippen LogP contribution in [0.2, 0.25) is 0 Å². The Hall–Kier alpha value is -2.87. The number of ether oxygens (including phenoxy) is 1. The third-order valence-corrected chi connectivity index (χ3v) is 7.33. The lowest BCUT2D eigenvalue weighted by molar-refractivity contribution is -0.155. The van der Waals surface area contributed by atoms with E-state index in [0.29, 0.717) is 25.3 Å². The van der Waals surface area contributed by atoms with Crippen LogP contribution in [0.25, 0.3) is 0 Å². The number of nitrogens with zero attached hydrogens (tertiary/aromatic N) is 2. The standard InChI is InChI=1S/C24H27N3O4S/c1-24(2)20(21(28)26-14-17-9-6-10-25-13-17)27(15-32-24)22(29)19-12-18(23(30)31-19)11-16-7-4-3-5-8-16/h3-10,13,18-20H,11-12,14-15H2,1-2H3,(H,26,28)/t18-,19+,20-/m1/s1. The van der Waals surface area contributed by atoms with Crippen LogP contribution < -0.4 is 5.32 Å². The van der Waals surface area contributed by atoms with Gasteiger partial charge >= 0.3 is 5.97 Å². The van der Waals surface area contributed by atoms with Crippen LogP contribution in [0.1, 0.15) is 31.4 Å². The number of carbonyl (C=O) groups is 3. The lowest BCUT2D eigenvalue weighted by atomic mass is 9.95. The highest BCUT2D eigenvalue weighted by Crippen LogP contribution is 2.40. The molecule has 168 valence electrons. The number of carbonyl (C=O) groups excluding carboxylic acids is 3. The Bertz CT molecular complexity index is 983. The zero-order chi connectivity index (χ0) is 22.7. The minimum atomic E-state index is -0.848.